The summed E-state index contributed by atoms with van der Waals surface area (Å²) in [6.45, 7) is 0. The van der Waals surface area contributed by atoms with Gasteiger partial charge in [0.2, 0.25) is 0 Å². The van der Waals surface area contributed by atoms with E-state index in [-0.39, 0.29) is 45.3 Å². The van der Waals surface area contributed by atoms with Crippen molar-refractivity contribution < 1.29 is 22.5 Å². The summed E-state index contributed by atoms with van der Waals surface area (Å²) < 4.78 is 127. The summed E-state index contributed by atoms with van der Waals surface area (Å²) in [5.41, 5.74) is 3.90. The van der Waals surface area contributed by atoms with Crippen molar-refractivity contribution >= 4 is 66.4 Å². The maximum absolute atomic E-state index is 18.4. The third-order valence-corrected chi connectivity index (χ3v) is 12.5. The summed E-state index contributed by atoms with van der Waals surface area (Å²) in [6, 6.07) is 51.8. The number of benzene rings is 12. The van der Waals surface area contributed by atoms with Gasteiger partial charge in [0, 0.05) is 33.3 Å². The minimum absolute atomic E-state index is 0.0983. The summed E-state index contributed by atoms with van der Waals surface area (Å²) in [4.78, 5) is 2.77. The minimum atomic E-state index is -0.716. The molecule has 0 heterocycles. The van der Waals surface area contributed by atoms with Crippen LogP contribution in [-0.4, -0.2) is 0 Å². The quantitative estimate of drug-likeness (QED) is 0.126. The predicted octanol–water partition coefficient (Wildman–Crippen LogP) is 18.5. The van der Waals surface area contributed by atoms with Gasteiger partial charge in [-0.15, -0.1) is 0 Å². The molecule has 0 radical (unpaired) electrons. The Balaban J connectivity index is 1.17. The maximum Gasteiger partial charge on any atom is 0.155 e. The van der Waals surface area contributed by atoms with Crippen molar-refractivity contribution in [3.63, 3.8) is 0 Å². The van der Waals surface area contributed by atoms with E-state index in [9.17, 15) is 5.48 Å². The van der Waals surface area contributed by atoms with E-state index in [1.54, 1.807) is 97.1 Å². The molecule has 0 spiro atoms. The van der Waals surface area contributed by atoms with Crippen LogP contribution in [0.25, 0.3) is 76.8 Å². The summed E-state index contributed by atoms with van der Waals surface area (Å²) in [5, 5.41) is 3.60. The second-order valence-corrected chi connectivity index (χ2v) is 16.3. The number of hydrogen-bond acceptors (Lipinski definition) is 2. The van der Waals surface area contributed by atoms with Gasteiger partial charge < -0.3 is 9.80 Å². The van der Waals surface area contributed by atoms with Gasteiger partial charge in [-0.1, -0.05) is 206 Å². The number of anilines is 6. The summed E-state index contributed by atoms with van der Waals surface area (Å²) in [5.74, 6) is -1.43. The first kappa shape index (κ1) is 31.1. The smallest absolute Gasteiger partial charge is 0.155 e. The zero-order valence-corrected chi connectivity index (χ0v) is 36.1. The first-order valence-electron chi connectivity index (χ1n) is 27.1. The highest BCUT2D eigenvalue weighted by Crippen LogP contribution is 2.50. The van der Waals surface area contributed by atoms with Gasteiger partial charge in [-0.3, -0.25) is 0 Å². The first-order valence-corrected chi connectivity index (χ1v) is 22.1. The molecule has 12 rings (SSSR count). The Morgan fingerprint density at radius 2 is 0.632 bits per heavy atom. The molecule has 4 heteroatoms. The molecule has 12 aromatic carbocycles. The lowest BCUT2D eigenvalue weighted by atomic mass is 9.90. The van der Waals surface area contributed by atoms with Gasteiger partial charge in [0.1, 0.15) is 0 Å². The first-order chi connectivity index (χ1) is 37.8. The molecular weight excluding hydrogens is 835 g/mol. The molecule has 2 nitrogen and oxygen atoms in total. The van der Waals surface area contributed by atoms with E-state index < -0.39 is 72.1 Å². The fourth-order valence-electron chi connectivity index (χ4n) is 9.58. The van der Waals surface area contributed by atoms with Gasteiger partial charge >= 0.3 is 0 Å². The molecule has 0 atom stereocenters. The summed E-state index contributed by atoms with van der Waals surface area (Å²) in [7, 11) is 0. The van der Waals surface area contributed by atoms with Crippen molar-refractivity contribution in [1.82, 2.24) is 0 Å². The minimum Gasteiger partial charge on any atom is -0.307 e. The van der Waals surface area contributed by atoms with Crippen LogP contribution in [-0.2, 0) is 0 Å². The topological polar surface area (TPSA) is 6.48 Å². The zero-order chi connectivity index (χ0) is 54.3. The van der Waals surface area contributed by atoms with E-state index >= 15 is 8.78 Å². The van der Waals surface area contributed by atoms with Crippen molar-refractivity contribution in [2.24, 2.45) is 0 Å². The van der Waals surface area contributed by atoms with Crippen LogP contribution in [0.15, 0.2) is 255 Å². The second kappa shape index (κ2) is 17.2. The van der Waals surface area contributed by atoms with Crippen LogP contribution >= 0.6 is 0 Å². The Hall–Kier alpha value is -8.86. The Labute approximate surface area is 408 Å². The van der Waals surface area contributed by atoms with Gasteiger partial charge in [-0.05, 0) is 103 Å². The van der Waals surface area contributed by atoms with Crippen LogP contribution in [0.1, 0.15) is 13.7 Å². The normalized spacial score (nSPS) is 13.4. The fraction of sp³-hybridized carbons (Fsp3) is 0. The third kappa shape index (κ3) is 6.94. The number of halogens is 2. The van der Waals surface area contributed by atoms with Gasteiger partial charge in [0.15, 0.2) is 11.6 Å². The van der Waals surface area contributed by atoms with E-state index in [2.05, 4.69) is 0 Å². The highest BCUT2D eigenvalue weighted by molar-refractivity contribution is 6.28. The van der Waals surface area contributed by atoms with Gasteiger partial charge in [-0.2, -0.15) is 0 Å². The highest BCUT2D eigenvalue weighted by Gasteiger charge is 2.27. The van der Waals surface area contributed by atoms with Gasteiger partial charge in [-0.25, -0.2) is 8.78 Å². The maximum atomic E-state index is 18.4. The second-order valence-electron chi connectivity index (χ2n) is 16.3. The number of rotatable bonds is 10. The molecule has 0 unspecified atom stereocenters. The standard InChI is InChI=1S/C64H42F2N2/c65-63-57(41-37-51(43-19-7-1-8-20-43)61(63)45-23-11-3-12-24-45)67(49-27-15-5-16-28-49)55-39-33-47-32-36-54-56(40-34-48-31-35-53(55)59(47)60(48)54)68(50-29-17-6-18-30-50)58-42-38-52(44-21-9-2-10-22-44)62(64(58)66)46-25-13-4-14-26-46/h1-42H/i5D,6D,15D,16D,17D,18D,27D,28D,29D,30D. The van der Waals surface area contributed by atoms with Crippen LogP contribution in [0.5, 0.6) is 0 Å². The van der Waals surface area contributed by atoms with Crippen molar-refractivity contribution in [3.05, 3.63) is 266 Å². The van der Waals surface area contributed by atoms with E-state index in [1.807, 2.05) is 97.1 Å². The van der Waals surface area contributed by atoms with Crippen molar-refractivity contribution in [1.29, 1.82) is 0 Å². The molecule has 0 aliphatic carbocycles. The van der Waals surface area contributed by atoms with Crippen LogP contribution in [0.4, 0.5) is 42.9 Å². The van der Waals surface area contributed by atoms with Crippen LogP contribution in [0.3, 0.4) is 0 Å². The van der Waals surface area contributed by atoms with Crippen LogP contribution in [0, 0.1) is 11.6 Å². The number of nitrogens with zero attached hydrogens (tertiary/aromatic N) is 2. The predicted molar refractivity (Wildman–Crippen MR) is 281 cm³/mol. The molecule has 0 saturated carbocycles. The highest BCUT2D eigenvalue weighted by atomic mass is 19.1. The SMILES string of the molecule is [2H]c1c([2H])c([2H])c(N(c2ccc(-c3ccccc3)c(-c3ccccc3)c2F)c2ccc3ccc4c(N(c5ccc(-c6ccccc6)c(-c6ccccc6)c5F)c5c([2H])c([2H])c([2H])c([2H])c5[2H])ccc5ccc2c3c54)c([2H])c1[2H]. The fourth-order valence-corrected chi connectivity index (χ4v) is 9.58. The Kier molecular flexibility index (Phi) is 7.86. The Morgan fingerprint density at radius 1 is 0.309 bits per heavy atom. The van der Waals surface area contributed by atoms with Crippen LogP contribution < -0.4 is 9.80 Å². The average Bonchev–Trinajstić information content (AvgIpc) is 3.58. The number of hydrogen-bond donors (Lipinski definition) is 0. The van der Waals surface area contributed by atoms with Crippen LogP contribution in [0.2, 0.25) is 0 Å². The Bertz CT molecular complexity index is 4020. The lowest BCUT2D eigenvalue weighted by Gasteiger charge is -2.30. The largest absolute Gasteiger partial charge is 0.307 e. The summed E-state index contributed by atoms with van der Waals surface area (Å²) >= 11 is 0. The van der Waals surface area contributed by atoms with E-state index in [0.29, 0.717) is 54.6 Å². The third-order valence-electron chi connectivity index (χ3n) is 12.5. The Morgan fingerprint density at radius 3 is 1.00 bits per heavy atom. The van der Waals surface area contributed by atoms with E-state index in [0.717, 1.165) is 11.1 Å². The molecule has 68 heavy (non-hydrogen) atoms. The van der Waals surface area contributed by atoms with Gasteiger partial charge in [0.25, 0.3) is 0 Å². The lowest BCUT2D eigenvalue weighted by molar-refractivity contribution is 0.632. The molecule has 322 valence electrons. The lowest BCUT2D eigenvalue weighted by Crippen LogP contribution is -2.14. The summed E-state index contributed by atoms with van der Waals surface area (Å²) in [6.07, 6.45) is 0. The van der Waals surface area contributed by atoms with Crippen molar-refractivity contribution in [2.45, 2.75) is 0 Å². The molecule has 0 amide bonds. The monoisotopic (exact) mass is 886 g/mol. The molecule has 0 aliphatic heterocycles. The molecule has 0 aliphatic rings. The zero-order valence-electron chi connectivity index (χ0n) is 46.1. The average molecular weight is 887 g/mol. The molecule has 0 bridgehead atoms. The van der Waals surface area contributed by atoms with Gasteiger partial charge in [0.05, 0.1) is 36.5 Å². The molecular formula is C64H42F2N2. The molecule has 12 aromatic rings. The molecule has 0 fully saturated rings. The molecule has 0 aromatic heterocycles. The van der Waals surface area contributed by atoms with Crippen molar-refractivity contribution in [3.8, 4) is 44.5 Å². The van der Waals surface area contributed by atoms with E-state index in [4.69, 9.17) is 8.22 Å². The molecule has 0 saturated heterocycles. The van der Waals surface area contributed by atoms with E-state index in [1.165, 1.54) is 9.80 Å². The number of para-hydroxylation sites is 2. The molecule has 0 N–H and O–H groups in total. The van der Waals surface area contributed by atoms with Crippen molar-refractivity contribution in [2.75, 3.05) is 9.80 Å².